The lowest BCUT2D eigenvalue weighted by atomic mass is 10.1. The Hall–Kier alpha value is -4.26. The molecule has 0 spiro atoms. The van der Waals surface area contributed by atoms with Crippen LogP contribution < -0.4 is 15.0 Å². The van der Waals surface area contributed by atoms with E-state index in [0.29, 0.717) is 23.7 Å². The molecule has 2 heterocycles. The topological polar surface area (TPSA) is 123 Å². The van der Waals surface area contributed by atoms with Gasteiger partial charge in [-0.05, 0) is 36.5 Å². The minimum Gasteiger partial charge on any atom is -0.487 e. The van der Waals surface area contributed by atoms with Crippen molar-refractivity contribution in [1.29, 1.82) is 5.26 Å². The number of hydrogen-bond donors (Lipinski definition) is 1. The standard InChI is InChI=1S/C21H21N7O3/c1-23-18(26-27(2)12-15-7-4-6-14(10-15)11-22)20(29)25-16-13-31-17-8-5-9-24-19(17)28(3)21(16)30/h4-10,16H,1,12-13H2,2-3H3,(H,25,29)/b26-18-/t16-/m0/s1. The predicted octanol–water partition coefficient (Wildman–Crippen LogP) is 0.939. The van der Waals surface area contributed by atoms with Gasteiger partial charge >= 0.3 is 0 Å². The van der Waals surface area contributed by atoms with Crippen LogP contribution in [0.25, 0.3) is 0 Å². The Labute approximate surface area is 179 Å². The van der Waals surface area contributed by atoms with Gasteiger partial charge in [0.25, 0.3) is 11.8 Å². The summed E-state index contributed by atoms with van der Waals surface area (Å²) in [6, 6.07) is 11.6. The van der Waals surface area contributed by atoms with E-state index < -0.39 is 11.9 Å². The second kappa shape index (κ2) is 9.49. The maximum absolute atomic E-state index is 12.7. The van der Waals surface area contributed by atoms with Crippen LogP contribution in [0.15, 0.2) is 52.7 Å². The highest BCUT2D eigenvalue weighted by Crippen LogP contribution is 2.27. The van der Waals surface area contributed by atoms with Crippen LogP contribution in [0.3, 0.4) is 0 Å². The molecule has 1 atom stereocenters. The fraction of sp³-hybridized carbons (Fsp3) is 0.238. The summed E-state index contributed by atoms with van der Waals surface area (Å²) in [6.07, 6.45) is 1.55. The minimum absolute atomic E-state index is 0.0607. The average molecular weight is 419 g/mol. The number of pyridine rings is 1. The number of rotatable bonds is 4. The molecule has 1 N–H and O–H groups in total. The molecule has 1 aliphatic rings. The SMILES string of the molecule is C=N/C(=N\N(C)Cc1cccc(C#N)c1)C(=O)N[C@H]1COc2cccnc2N(C)C1=O. The Kier molecular flexibility index (Phi) is 6.57. The monoisotopic (exact) mass is 419 g/mol. The number of nitriles is 1. The highest BCUT2D eigenvalue weighted by Gasteiger charge is 2.32. The first-order valence-corrected chi connectivity index (χ1v) is 9.34. The van der Waals surface area contributed by atoms with Crippen molar-refractivity contribution in [3.05, 3.63) is 53.7 Å². The molecule has 10 nitrogen and oxygen atoms in total. The maximum atomic E-state index is 12.7. The third-order valence-electron chi connectivity index (χ3n) is 4.49. The lowest BCUT2D eigenvalue weighted by Crippen LogP contribution is -2.51. The van der Waals surface area contributed by atoms with Gasteiger partial charge < -0.3 is 10.1 Å². The van der Waals surface area contributed by atoms with Crippen molar-refractivity contribution in [1.82, 2.24) is 15.3 Å². The molecule has 10 heteroatoms. The van der Waals surface area contributed by atoms with E-state index in [1.807, 2.05) is 6.07 Å². The largest absolute Gasteiger partial charge is 0.487 e. The molecule has 2 aromatic rings. The molecule has 158 valence electrons. The van der Waals surface area contributed by atoms with Gasteiger partial charge in [-0.15, -0.1) is 0 Å². The van der Waals surface area contributed by atoms with Gasteiger partial charge in [0.1, 0.15) is 12.6 Å². The van der Waals surface area contributed by atoms with Crippen molar-refractivity contribution in [2.24, 2.45) is 10.1 Å². The van der Waals surface area contributed by atoms with E-state index in [-0.39, 0.29) is 18.3 Å². The van der Waals surface area contributed by atoms with Crippen molar-refractivity contribution in [3.8, 4) is 11.8 Å². The van der Waals surface area contributed by atoms with Crippen LogP contribution in [0.2, 0.25) is 0 Å². The normalized spacial score (nSPS) is 15.8. The lowest BCUT2D eigenvalue weighted by Gasteiger charge is -2.20. The summed E-state index contributed by atoms with van der Waals surface area (Å²) in [6.45, 7) is 3.68. The number of hydrazone groups is 1. The second-order valence-electron chi connectivity index (χ2n) is 6.77. The molecular formula is C21H21N7O3. The van der Waals surface area contributed by atoms with Crippen LogP contribution >= 0.6 is 0 Å². The fourth-order valence-corrected chi connectivity index (χ4v) is 3.00. The third-order valence-corrected chi connectivity index (χ3v) is 4.49. The molecule has 31 heavy (non-hydrogen) atoms. The molecule has 0 saturated heterocycles. The highest BCUT2D eigenvalue weighted by atomic mass is 16.5. The van der Waals surface area contributed by atoms with E-state index in [1.54, 1.807) is 50.6 Å². The summed E-state index contributed by atoms with van der Waals surface area (Å²) < 4.78 is 5.64. The van der Waals surface area contributed by atoms with E-state index in [1.165, 1.54) is 9.91 Å². The molecule has 3 rings (SSSR count). The molecule has 0 bridgehead atoms. The van der Waals surface area contributed by atoms with Gasteiger partial charge in [-0.2, -0.15) is 10.4 Å². The Balaban J connectivity index is 1.69. The number of nitrogens with zero attached hydrogens (tertiary/aromatic N) is 6. The van der Waals surface area contributed by atoms with Crippen LogP contribution in [0.4, 0.5) is 5.82 Å². The Morgan fingerprint density at radius 2 is 2.26 bits per heavy atom. The van der Waals surface area contributed by atoms with E-state index in [2.05, 4.69) is 33.2 Å². The summed E-state index contributed by atoms with van der Waals surface area (Å²) in [4.78, 5) is 34.6. The van der Waals surface area contributed by atoms with Gasteiger partial charge in [-0.25, -0.2) is 9.98 Å². The molecule has 0 fully saturated rings. The number of benzene rings is 1. The number of likely N-dealkylation sites (N-methyl/N-ethyl adjacent to an activating group) is 1. The number of aromatic nitrogens is 1. The number of carbonyl (C=O) groups is 2. The van der Waals surface area contributed by atoms with Gasteiger partial charge in [-0.3, -0.25) is 19.5 Å². The zero-order valence-corrected chi connectivity index (χ0v) is 17.1. The van der Waals surface area contributed by atoms with Gasteiger partial charge in [0.2, 0.25) is 5.84 Å². The number of anilines is 1. The summed E-state index contributed by atoms with van der Waals surface area (Å²) >= 11 is 0. The number of amidine groups is 1. The summed E-state index contributed by atoms with van der Waals surface area (Å²) in [5.74, 6) is -0.420. The predicted molar refractivity (Wildman–Crippen MR) is 115 cm³/mol. The molecular weight excluding hydrogens is 398 g/mol. The second-order valence-corrected chi connectivity index (χ2v) is 6.77. The molecule has 0 radical (unpaired) electrons. The summed E-state index contributed by atoms with van der Waals surface area (Å²) in [5, 5.41) is 17.3. The van der Waals surface area contributed by atoms with Crippen molar-refractivity contribution in [3.63, 3.8) is 0 Å². The number of fused-ring (bicyclic) bond motifs is 1. The van der Waals surface area contributed by atoms with Crippen LogP contribution in [-0.2, 0) is 16.1 Å². The number of amides is 2. The van der Waals surface area contributed by atoms with Crippen molar-refractivity contribution in [2.45, 2.75) is 12.6 Å². The number of hydrogen-bond acceptors (Lipinski definition) is 7. The van der Waals surface area contributed by atoms with Crippen molar-refractivity contribution in [2.75, 3.05) is 25.6 Å². The van der Waals surface area contributed by atoms with Crippen molar-refractivity contribution < 1.29 is 14.3 Å². The number of nitrogens with one attached hydrogen (secondary N) is 1. The first-order valence-electron chi connectivity index (χ1n) is 9.34. The first-order chi connectivity index (χ1) is 14.9. The van der Waals surface area contributed by atoms with Gasteiger partial charge in [0, 0.05) is 20.3 Å². The lowest BCUT2D eigenvalue weighted by molar-refractivity contribution is -0.125. The quantitative estimate of drug-likeness (QED) is 0.447. The molecule has 0 unspecified atom stereocenters. The highest BCUT2D eigenvalue weighted by molar-refractivity contribution is 6.39. The molecule has 2 amide bonds. The van der Waals surface area contributed by atoms with Gasteiger partial charge in [0.05, 0.1) is 18.2 Å². The maximum Gasteiger partial charge on any atom is 0.291 e. The Morgan fingerprint density at radius 3 is 3.00 bits per heavy atom. The number of ether oxygens (including phenoxy) is 1. The summed E-state index contributed by atoms with van der Waals surface area (Å²) in [7, 11) is 3.22. The summed E-state index contributed by atoms with van der Waals surface area (Å²) in [5.41, 5.74) is 1.37. The van der Waals surface area contributed by atoms with Crippen LogP contribution in [0, 0.1) is 11.3 Å². The Morgan fingerprint density at radius 1 is 1.45 bits per heavy atom. The van der Waals surface area contributed by atoms with Crippen LogP contribution in [0.5, 0.6) is 5.75 Å². The minimum atomic E-state index is -0.948. The Bertz CT molecular complexity index is 1080. The van der Waals surface area contributed by atoms with E-state index in [9.17, 15) is 9.59 Å². The van der Waals surface area contributed by atoms with Gasteiger partial charge in [0.15, 0.2) is 11.6 Å². The molecule has 0 saturated carbocycles. The third kappa shape index (κ3) is 5.02. The number of carbonyl (C=O) groups excluding carboxylic acids is 2. The van der Waals surface area contributed by atoms with E-state index in [0.717, 1.165) is 5.56 Å². The van der Waals surface area contributed by atoms with E-state index in [4.69, 9.17) is 10.00 Å². The van der Waals surface area contributed by atoms with Crippen LogP contribution in [-0.4, -0.2) is 61.1 Å². The zero-order chi connectivity index (χ0) is 22.4. The first kappa shape index (κ1) is 21.4. The molecule has 0 aliphatic carbocycles. The van der Waals surface area contributed by atoms with Gasteiger partial charge in [-0.1, -0.05) is 12.1 Å². The molecule has 1 aliphatic heterocycles. The van der Waals surface area contributed by atoms with Crippen LogP contribution in [0.1, 0.15) is 11.1 Å². The van der Waals surface area contributed by atoms with E-state index >= 15 is 0 Å². The molecule has 1 aromatic heterocycles. The smallest absolute Gasteiger partial charge is 0.291 e. The average Bonchev–Trinajstić information content (AvgIpc) is 2.89. The zero-order valence-electron chi connectivity index (χ0n) is 17.1. The fourth-order valence-electron chi connectivity index (χ4n) is 3.00. The number of aliphatic imine (C=N–C) groups is 1. The van der Waals surface area contributed by atoms with Crippen molar-refractivity contribution >= 4 is 30.2 Å². The molecule has 1 aromatic carbocycles.